The van der Waals surface area contributed by atoms with E-state index < -0.39 is 11.7 Å². The van der Waals surface area contributed by atoms with Crippen LogP contribution >= 0.6 is 11.6 Å². The van der Waals surface area contributed by atoms with Gasteiger partial charge in [0.2, 0.25) is 0 Å². The highest BCUT2D eigenvalue weighted by molar-refractivity contribution is 6.30. The Morgan fingerprint density at radius 2 is 1.93 bits per heavy atom. The molecule has 0 saturated carbocycles. The number of H-pyrrole nitrogens is 1. The highest BCUT2D eigenvalue weighted by Gasteiger charge is 2.13. The van der Waals surface area contributed by atoms with E-state index in [9.17, 15) is 9.18 Å². The van der Waals surface area contributed by atoms with Gasteiger partial charge in [-0.15, -0.1) is 0 Å². The zero-order valence-corrected chi connectivity index (χ0v) is 15.4. The number of benzene rings is 1. The average Bonchev–Trinajstić information content (AvgIpc) is 3.13. The molecule has 3 aromatic rings. The molecule has 9 nitrogen and oxygen atoms in total. The van der Waals surface area contributed by atoms with Crippen molar-refractivity contribution in [2.75, 3.05) is 17.7 Å². The van der Waals surface area contributed by atoms with E-state index in [1.54, 1.807) is 25.2 Å². The Balaban J connectivity index is 1.83. The topological polar surface area (TPSA) is 147 Å². The van der Waals surface area contributed by atoms with Crippen LogP contribution in [-0.4, -0.2) is 33.9 Å². The summed E-state index contributed by atoms with van der Waals surface area (Å²) in [6, 6.07) is 9.10. The second-order valence-corrected chi connectivity index (χ2v) is 6.00. The van der Waals surface area contributed by atoms with Crippen molar-refractivity contribution in [2.24, 2.45) is 16.5 Å². The van der Waals surface area contributed by atoms with Crippen molar-refractivity contribution in [3.8, 4) is 11.3 Å². The third-order valence-corrected chi connectivity index (χ3v) is 3.91. The van der Waals surface area contributed by atoms with Gasteiger partial charge in [0.1, 0.15) is 23.1 Å². The van der Waals surface area contributed by atoms with Gasteiger partial charge in [0.15, 0.2) is 5.96 Å². The number of rotatable bonds is 5. The maximum absolute atomic E-state index is 13.6. The maximum Gasteiger partial charge on any atom is 0.273 e. The van der Waals surface area contributed by atoms with E-state index in [1.165, 1.54) is 18.2 Å². The second kappa shape index (κ2) is 7.92. The predicted octanol–water partition coefficient (Wildman–Crippen LogP) is 2.46. The molecule has 1 amide bonds. The first kappa shape index (κ1) is 19.1. The fourth-order valence-electron chi connectivity index (χ4n) is 2.34. The SMILES string of the molecule is CNc1cc(NC(=O)c2ccc(-c3ccc(Cl)c(F)c3)[nH]2)nc(N=C(N)N)n1. The number of aliphatic imine (C=N–C) groups is 1. The maximum atomic E-state index is 13.6. The van der Waals surface area contributed by atoms with Crippen molar-refractivity contribution in [1.82, 2.24) is 15.0 Å². The van der Waals surface area contributed by atoms with Crippen LogP contribution in [-0.2, 0) is 0 Å². The van der Waals surface area contributed by atoms with Crippen LogP contribution in [0.2, 0.25) is 5.02 Å². The van der Waals surface area contributed by atoms with Crippen LogP contribution in [0.1, 0.15) is 10.5 Å². The molecule has 7 N–H and O–H groups in total. The zero-order valence-electron chi connectivity index (χ0n) is 14.6. The molecule has 2 aromatic heterocycles. The summed E-state index contributed by atoms with van der Waals surface area (Å²) in [5, 5.41) is 5.47. The number of hydrogen-bond donors (Lipinski definition) is 5. The first-order chi connectivity index (χ1) is 13.4. The number of carbonyl (C=O) groups excluding carboxylic acids is 1. The van der Waals surface area contributed by atoms with Gasteiger partial charge in [0, 0.05) is 24.4 Å². The van der Waals surface area contributed by atoms with E-state index in [1.807, 2.05) is 0 Å². The van der Waals surface area contributed by atoms with Crippen molar-refractivity contribution >= 4 is 41.1 Å². The van der Waals surface area contributed by atoms with E-state index in [-0.39, 0.29) is 28.4 Å². The van der Waals surface area contributed by atoms with E-state index in [4.69, 9.17) is 23.1 Å². The summed E-state index contributed by atoms with van der Waals surface area (Å²) in [6.45, 7) is 0. The Labute approximate surface area is 164 Å². The number of anilines is 2. The van der Waals surface area contributed by atoms with Gasteiger partial charge < -0.3 is 27.1 Å². The lowest BCUT2D eigenvalue weighted by Crippen LogP contribution is -2.22. The predicted molar refractivity (Wildman–Crippen MR) is 106 cm³/mol. The largest absolute Gasteiger partial charge is 0.373 e. The van der Waals surface area contributed by atoms with Crippen molar-refractivity contribution in [3.05, 3.63) is 52.9 Å². The molecule has 0 aliphatic carbocycles. The number of aromatic nitrogens is 3. The molecule has 1 aromatic carbocycles. The van der Waals surface area contributed by atoms with Gasteiger partial charge in [-0.25, -0.2) is 4.39 Å². The fraction of sp³-hybridized carbons (Fsp3) is 0.0588. The second-order valence-electron chi connectivity index (χ2n) is 5.59. The normalized spacial score (nSPS) is 10.4. The van der Waals surface area contributed by atoms with Gasteiger partial charge in [0.05, 0.1) is 5.02 Å². The monoisotopic (exact) mass is 402 g/mol. The molecule has 0 bridgehead atoms. The molecule has 0 fully saturated rings. The Morgan fingerprint density at radius 1 is 1.18 bits per heavy atom. The summed E-state index contributed by atoms with van der Waals surface area (Å²) in [4.78, 5) is 27.3. The first-order valence-corrected chi connectivity index (χ1v) is 8.36. The standard InChI is InChI=1S/C17H16ClFN8O/c1-22-13-7-14(26-17(25-13)27-16(20)21)24-15(28)12-5-4-11(23-12)8-2-3-9(18)10(19)6-8/h2-7,23H,1H3,(H6,20,21,22,24,25,26,27,28). The lowest BCUT2D eigenvalue weighted by molar-refractivity contribution is 0.102. The Bertz CT molecular complexity index is 1060. The molecule has 0 aliphatic heterocycles. The van der Waals surface area contributed by atoms with Gasteiger partial charge >= 0.3 is 0 Å². The van der Waals surface area contributed by atoms with Gasteiger partial charge in [0.25, 0.3) is 11.9 Å². The van der Waals surface area contributed by atoms with Crippen molar-refractivity contribution in [2.45, 2.75) is 0 Å². The molecule has 0 aliphatic rings. The van der Waals surface area contributed by atoms with Gasteiger partial charge in [-0.2, -0.15) is 15.0 Å². The van der Waals surface area contributed by atoms with Crippen LogP contribution in [0, 0.1) is 5.82 Å². The molecular weight excluding hydrogens is 387 g/mol. The molecule has 0 radical (unpaired) electrons. The molecule has 0 saturated heterocycles. The van der Waals surface area contributed by atoms with Gasteiger partial charge in [-0.3, -0.25) is 4.79 Å². The smallest absolute Gasteiger partial charge is 0.273 e. The molecular formula is C17H16ClFN8O. The molecule has 28 heavy (non-hydrogen) atoms. The average molecular weight is 403 g/mol. The van der Waals surface area contributed by atoms with Crippen LogP contribution in [0.5, 0.6) is 0 Å². The molecule has 0 spiro atoms. The summed E-state index contributed by atoms with van der Waals surface area (Å²) in [5.41, 5.74) is 12.0. The molecule has 11 heteroatoms. The van der Waals surface area contributed by atoms with E-state index in [0.29, 0.717) is 17.1 Å². The number of hydrogen-bond acceptors (Lipinski definition) is 5. The number of nitrogens with two attached hydrogens (primary N) is 2. The fourth-order valence-corrected chi connectivity index (χ4v) is 2.45. The van der Waals surface area contributed by atoms with E-state index >= 15 is 0 Å². The van der Waals surface area contributed by atoms with Crippen LogP contribution in [0.15, 0.2) is 41.4 Å². The third kappa shape index (κ3) is 4.35. The van der Waals surface area contributed by atoms with Crippen molar-refractivity contribution in [1.29, 1.82) is 0 Å². The number of guanidine groups is 1. The van der Waals surface area contributed by atoms with Crippen LogP contribution in [0.4, 0.5) is 22.0 Å². The lowest BCUT2D eigenvalue weighted by Gasteiger charge is -2.07. The number of nitrogens with zero attached hydrogens (tertiary/aromatic N) is 3. The van der Waals surface area contributed by atoms with Crippen LogP contribution in [0.25, 0.3) is 11.3 Å². The zero-order chi connectivity index (χ0) is 20.3. The summed E-state index contributed by atoms with van der Waals surface area (Å²) in [6.07, 6.45) is 0. The lowest BCUT2D eigenvalue weighted by atomic mass is 10.1. The molecule has 144 valence electrons. The van der Waals surface area contributed by atoms with E-state index in [0.717, 1.165) is 0 Å². The number of amides is 1. The summed E-state index contributed by atoms with van der Waals surface area (Å²) in [7, 11) is 1.65. The number of nitrogens with one attached hydrogen (secondary N) is 3. The Hall–Kier alpha value is -3.66. The number of halogens is 2. The quantitative estimate of drug-likeness (QED) is 0.327. The minimum absolute atomic E-state index is 0.00837. The van der Waals surface area contributed by atoms with E-state index in [2.05, 4.69) is 30.6 Å². The minimum Gasteiger partial charge on any atom is -0.373 e. The highest BCUT2D eigenvalue weighted by atomic mass is 35.5. The molecule has 3 rings (SSSR count). The first-order valence-electron chi connectivity index (χ1n) is 7.98. The van der Waals surface area contributed by atoms with Crippen LogP contribution in [0.3, 0.4) is 0 Å². The minimum atomic E-state index is -0.549. The molecule has 2 heterocycles. The number of carbonyl (C=O) groups is 1. The Morgan fingerprint density at radius 3 is 2.61 bits per heavy atom. The van der Waals surface area contributed by atoms with Gasteiger partial charge in [-0.05, 0) is 24.3 Å². The summed E-state index contributed by atoms with van der Waals surface area (Å²) >= 11 is 5.69. The number of aromatic amines is 1. The van der Waals surface area contributed by atoms with Crippen molar-refractivity contribution in [3.63, 3.8) is 0 Å². The Kier molecular flexibility index (Phi) is 5.41. The highest BCUT2D eigenvalue weighted by Crippen LogP contribution is 2.24. The van der Waals surface area contributed by atoms with Crippen LogP contribution < -0.4 is 22.1 Å². The summed E-state index contributed by atoms with van der Waals surface area (Å²) in [5.74, 6) is -0.627. The molecule has 0 atom stereocenters. The summed E-state index contributed by atoms with van der Waals surface area (Å²) < 4.78 is 13.6. The van der Waals surface area contributed by atoms with Crippen molar-refractivity contribution < 1.29 is 9.18 Å². The third-order valence-electron chi connectivity index (χ3n) is 3.60. The van der Waals surface area contributed by atoms with Gasteiger partial charge in [-0.1, -0.05) is 17.7 Å². The molecule has 0 unspecified atom stereocenters.